The lowest BCUT2D eigenvalue weighted by atomic mass is 10.1. The topological polar surface area (TPSA) is 45.9 Å². The minimum Gasteiger partial charge on any atom is -0.405 e. The molecule has 92 valence electrons. The second-order valence-electron chi connectivity index (χ2n) is 3.21. The zero-order valence-electron chi connectivity index (χ0n) is 8.81. The molecule has 0 N–H and O–H groups in total. The summed E-state index contributed by atoms with van der Waals surface area (Å²) in [6.07, 6.45) is -3.67. The largest absolute Gasteiger partial charge is 0.573 e. The van der Waals surface area contributed by atoms with E-state index in [1.807, 2.05) is 0 Å². The fourth-order valence-electron chi connectivity index (χ4n) is 1.31. The molecule has 0 spiro atoms. The Hall–Kier alpha value is -1.29. The van der Waals surface area contributed by atoms with Crippen molar-refractivity contribution >= 4 is 15.9 Å². The van der Waals surface area contributed by atoms with Crippen LogP contribution in [-0.2, 0) is 11.8 Å². The average Bonchev–Trinajstić information content (AvgIpc) is 2.22. The standard InChI is InChI=1S/C10H8BrF3N2O/c1-6-5-16-8(4-11)7(2-3-15)9(6)17-10(12,13)14/h5H,2,4H2,1H3. The van der Waals surface area contributed by atoms with Gasteiger partial charge in [0.15, 0.2) is 0 Å². The van der Waals surface area contributed by atoms with Gasteiger partial charge < -0.3 is 4.74 Å². The molecule has 1 aromatic heterocycles. The third-order valence-corrected chi connectivity index (χ3v) is 2.53. The van der Waals surface area contributed by atoms with Crippen molar-refractivity contribution in [2.45, 2.75) is 25.0 Å². The number of aromatic nitrogens is 1. The van der Waals surface area contributed by atoms with Crippen LogP contribution in [0.3, 0.4) is 0 Å². The normalized spacial score (nSPS) is 11.1. The van der Waals surface area contributed by atoms with E-state index < -0.39 is 6.36 Å². The summed E-state index contributed by atoms with van der Waals surface area (Å²) in [5.41, 5.74) is 0.787. The van der Waals surface area contributed by atoms with Gasteiger partial charge in [-0.1, -0.05) is 15.9 Å². The zero-order chi connectivity index (χ0) is 13.1. The first kappa shape index (κ1) is 13.8. The molecule has 1 aromatic rings. The van der Waals surface area contributed by atoms with E-state index in [0.717, 1.165) is 0 Å². The average molecular weight is 309 g/mol. The van der Waals surface area contributed by atoms with Gasteiger partial charge in [-0.05, 0) is 6.92 Å². The Bertz CT molecular complexity index is 454. The van der Waals surface area contributed by atoms with Crippen LogP contribution in [-0.4, -0.2) is 11.3 Å². The summed E-state index contributed by atoms with van der Waals surface area (Å²) in [5.74, 6) is -0.330. The van der Waals surface area contributed by atoms with Crippen molar-refractivity contribution < 1.29 is 17.9 Å². The van der Waals surface area contributed by atoms with Crippen molar-refractivity contribution in [3.8, 4) is 11.8 Å². The van der Waals surface area contributed by atoms with Crippen molar-refractivity contribution in [2.24, 2.45) is 0 Å². The first-order chi connectivity index (χ1) is 7.89. The Morgan fingerprint density at radius 3 is 2.65 bits per heavy atom. The Labute approximate surface area is 104 Å². The number of halogens is 4. The molecule has 0 aliphatic rings. The number of ether oxygens (including phenoxy) is 1. The molecule has 3 nitrogen and oxygen atoms in total. The fraction of sp³-hybridized carbons (Fsp3) is 0.400. The molecule has 0 aliphatic carbocycles. The SMILES string of the molecule is Cc1cnc(CBr)c(CC#N)c1OC(F)(F)F. The van der Waals surface area contributed by atoms with E-state index >= 15 is 0 Å². The Kier molecular flexibility index (Phi) is 4.34. The minimum atomic E-state index is -4.78. The second kappa shape index (κ2) is 5.36. The first-order valence-corrected chi connectivity index (χ1v) is 5.67. The fourth-order valence-corrected chi connectivity index (χ4v) is 1.80. The van der Waals surface area contributed by atoms with Gasteiger partial charge in [-0.25, -0.2) is 0 Å². The molecule has 0 saturated heterocycles. The highest BCUT2D eigenvalue weighted by Gasteiger charge is 2.33. The summed E-state index contributed by atoms with van der Waals surface area (Å²) in [6.45, 7) is 1.45. The predicted molar refractivity (Wildman–Crippen MR) is 57.6 cm³/mol. The molecular weight excluding hydrogens is 301 g/mol. The van der Waals surface area contributed by atoms with E-state index in [1.54, 1.807) is 6.07 Å². The molecule has 0 amide bonds. The van der Waals surface area contributed by atoms with Crippen molar-refractivity contribution in [1.29, 1.82) is 5.26 Å². The van der Waals surface area contributed by atoms with Crippen LogP contribution in [0.5, 0.6) is 5.75 Å². The Morgan fingerprint density at radius 1 is 1.53 bits per heavy atom. The third-order valence-electron chi connectivity index (χ3n) is 1.99. The maximum Gasteiger partial charge on any atom is 0.573 e. The van der Waals surface area contributed by atoms with E-state index in [4.69, 9.17) is 5.26 Å². The lowest BCUT2D eigenvalue weighted by Crippen LogP contribution is -2.19. The van der Waals surface area contributed by atoms with E-state index in [9.17, 15) is 13.2 Å². The van der Waals surface area contributed by atoms with Gasteiger partial charge in [-0.2, -0.15) is 5.26 Å². The number of pyridine rings is 1. The first-order valence-electron chi connectivity index (χ1n) is 4.55. The van der Waals surface area contributed by atoms with Crippen molar-refractivity contribution in [1.82, 2.24) is 4.98 Å². The molecule has 0 unspecified atom stereocenters. The molecule has 0 saturated carbocycles. The van der Waals surface area contributed by atoms with E-state index in [1.165, 1.54) is 13.1 Å². The number of rotatable bonds is 3. The number of aryl methyl sites for hydroxylation is 1. The monoisotopic (exact) mass is 308 g/mol. The lowest BCUT2D eigenvalue weighted by molar-refractivity contribution is -0.275. The van der Waals surface area contributed by atoms with Crippen LogP contribution in [0, 0.1) is 18.3 Å². The van der Waals surface area contributed by atoms with Gasteiger partial charge in [0.2, 0.25) is 0 Å². The Balaban J connectivity index is 3.29. The number of hydrogen-bond acceptors (Lipinski definition) is 3. The number of nitrogens with zero attached hydrogens (tertiary/aromatic N) is 2. The summed E-state index contributed by atoms with van der Waals surface area (Å²) in [5, 5.41) is 8.89. The van der Waals surface area contributed by atoms with Crippen LogP contribution in [0.25, 0.3) is 0 Å². The van der Waals surface area contributed by atoms with Crippen molar-refractivity contribution in [3.63, 3.8) is 0 Å². The molecule has 0 aromatic carbocycles. The van der Waals surface area contributed by atoms with Gasteiger partial charge in [-0.15, -0.1) is 13.2 Å². The summed E-state index contributed by atoms with van der Waals surface area (Å²) in [6, 6.07) is 1.80. The molecule has 0 atom stereocenters. The van der Waals surface area contributed by atoms with Gasteiger partial charge in [-0.3, -0.25) is 4.98 Å². The van der Waals surface area contributed by atoms with E-state index in [-0.39, 0.29) is 28.6 Å². The molecule has 1 heterocycles. The highest BCUT2D eigenvalue weighted by molar-refractivity contribution is 9.08. The summed E-state index contributed by atoms with van der Waals surface area (Å²) in [4.78, 5) is 3.96. The second-order valence-corrected chi connectivity index (χ2v) is 3.77. The highest BCUT2D eigenvalue weighted by atomic mass is 79.9. The molecule has 0 radical (unpaired) electrons. The summed E-state index contributed by atoms with van der Waals surface area (Å²) >= 11 is 3.11. The van der Waals surface area contributed by atoms with Crippen molar-refractivity contribution in [2.75, 3.05) is 0 Å². The molecule has 7 heteroatoms. The van der Waals surface area contributed by atoms with Gasteiger partial charge in [0.25, 0.3) is 0 Å². The summed E-state index contributed by atoms with van der Waals surface area (Å²) < 4.78 is 40.7. The minimum absolute atomic E-state index is 0.168. The maximum absolute atomic E-state index is 12.2. The van der Waals surface area contributed by atoms with Gasteiger partial charge in [0.05, 0.1) is 18.2 Å². The zero-order valence-corrected chi connectivity index (χ0v) is 10.4. The summed E-state index contributed by atoms with van der Waals surface area (Å²) in [7, 11) is 0. The highest BCUT2D eigenvalue weighted by Crippen LogP contribution is 2.32. The number of nitriles is 1. The molecule has 1 rings (SSSR count). The van der Waals surface area contributed by atoms with Crippen LogP contribution in [0.1, 0.15) is 16.8 Å². The molecule has 17 heavy (non-hydrogen) atoms. The van der Waals surface area contributed by atoms with Gasteiger partial charge in [0.1, 0.15) is 5.75 Å². The van der Waals surface area contributed by atoms with Crippen molar-refractivity contribution in [3.05, 3.63) is 23.0 Å². The molecule has 0 fully saturated rings. The molecule has 0 bridgehead atoms. The van der Waals surface area contributed by atoms with Crippen LogP contribution < -0.4 is 4.74 Å². The number of hydrogen-bond donors (Lipinski definition) is 0. The van der Waals surface area contributed by atoms with Gasteiger partial charge in [0, 0.05) is 22.7 Å². The Morgan fingerprint density at radius 2 is 2.18 bits per heavy atom. The number of alkyl halides is 4. The van der Waals surface area contributed by atoms with E-state index in [2.05, 4.69) is 25.7 Å². The smallest absolute Gasteiger partial charge is 0.405 e. The third kappa shape index (κ3) is 3.60. The van der Waals surface area contributed by atoms with Crippen LogP contribution >= 0.6 is 15.9 Å². The van der Waals surface area contributed by atoms with Crippen LogP contribution in [0.2, 0.25) is 0 Å². The lowest BCUT2D eigenvalue weighted by Gasteiger charge is -2.16. The van der Waals surface area contributed by atoms with Gasteiger partial charge >= 0.3 is 6.36 Å². The van der Waals surface area contributed by atoms with E-state index in [0.29, 0.717) is 5.69 Å². The predicted octanol–water partition coefficient (Wildman–Crippen LogP) is 3.25. The molecule has 0 aliphatic heterocycles. The quantitative estimate of drug-likeness (QED) is 0.805. The maximum atomic E-state index is 12.2. The van der Waals surface area contributed by atoms with Crippen LogP contribution in [0.15, 0.2) is 6.20 Å². The molecular formula is C10H8BrF3N2O. The van der Waals surface area contributed by atoms with Crippen LogP contribution in [0.4, 0.5) is 13.2 Å².